The molecule has 0 aliphatic heterocycles. The molecule has 0 spiro atoms. The minimum atomic E-state index is 1.27. The molecule has 0 bridgehead atoms. The van der Waals surface area contributed by atoms with Gasteiger partial charge in [-0.25, -0.2) is 0 Å². The Morgan fingerprint density at radius 2 is 1.56 bits per heavy atom. The Kier molecular flexibility index (Phi) is 8.52. The van der Waals surface area contributed by atoms with Crippen LogP contribution in [0.4, 0.5) is 0 Å². The van der Waals surface area contributed by atoms with Gasteiger partial charge in [0, 0.05) is 11.6 Å². The van der Waals surface area contributed by atoms with Crippen molar-refractivity contribution in [2.24, 2.45) is 0 Å². The lowest BCUT2D eigenvalue weighted by molar-refractivity contribution is 0.564. The molecule has 0 fully saturated rings. The van der Waals surface area contributed by atoms with E-state index in [1.165, 1.54) is 77.8 Å². The number of aryl methyl sites for hydroxylation is 1. The van der Waals surface area contributed by atoms with Crippen LogP contribution in [0.2, 0.25) is 0 Å². The van der Waals surface area contributed by atoms with E-state index >= 15 is 0 Å². The SMILES string of the molecule is CCCCCCCCCCCc1[nH]ccp1. The molecular formula is C14H26NP. The summed E-state index contributed by atoms with van der Waals surface area (Å²) in [5, 5.41) is 0. The van der Waals surface area contributed by atoms with Crippen molar-refractivity contribution in [3.8, 4) is 0 Å². The summed E-state index contributed by atoms with van der Waals surface area (Å²) in [7, 11) is 1.39. The minimum absolute atomic E-state index is 1.27. The van der Waals surface area contributed by atoms with E-state index in [2.05, 4.69) is 23.9 Å². The van der Waals surface area contributed by atoms with E-state index in [9.17, 15) is 0 Å². The summed E-state index contributed by atoms with van der Waals surface area (Å²) in [5.41, 5.74) is 1.49. The first-order valence-corrected chi connectivity index (χ1v) is 7.88. The Bertz CT molecular complexity index is 231. The van der Waals surface area contributed by atoms with Crippen LogP contribution in [0.1, 0.15) is 70.1 Å². The summed E-state index contributed by atoms with van der Waals surface area (Å²) in [6.45, 7) is 2.28. The molecule has 0 amide bonds. The molecule has 1 rings (SSSR count). The maximum Gasteiger partial charge on any atom is 0.0424 e. The molecule has 16 heavy (non-hydrogen) atoms. The van der Waals surface area contributed by atoms with Crippen molar-refractivity contribution in [3.05, 3.63) is 17.4 Å². The maximum absolute atomic E-state index is 3.31. The first-order chi connectivity index (χ1) is 7.93. The molecule has 92 valence electrons. The highest BCUT2D eigenvalue weighted by Gasteiger charge is 1.94. The van der Waals surface area contributed by atoms with Gasteiger partial charge in [-0.05, 0) is 18.6 Å². The number of H-pyrrole nitrogens is 1. The van der Waals surface area contributed by atoms with E-state index in [1.807, 2.05) is 0 Å². The fourth-order valence-corrected chi connectivity index (χ4v) is 2.80. The molecule has 1 N–H and O–H groups in total. The summed E-state index contributed by atoms with van der Waals surface area (Å²) in [6, 6.07) is 0. The second-order valence-electron chi connectivity index (χ2n) is 4.61. The quantitative estimate of drug-likeness (QED) is 0.506. The second kappa shape index (κ2) is 9.90. The number of aromatic amines is 1. The zero-order chi connectivity index (χ0) is 11.5. The molecule has 0 atom stereocenters. The van der Waals surface area contributed by atoms with Gasteiger partial charge in [0.15, 0.2) is 0 Å². The van der Waals surface area contributed by atoms with Crippen LogP contribution in [0, 0.1) is 0 Å². The third kappa shape index (κ3) is 7.06. The standard InChI is InChI=1S/C14H26NP/c1-2-3-4-5-6-7-8-9-10-11-14-15-12-13-16-14/h12-13,15H,2-11H2,1H3. The number of unbranched alkanes of at least 4 members (excludes halogenated alkanes) is 8. The van der Waals surface area contributed by atoms with Gasteiger partial charge in [0.25, 0.3) is 0 Å². The molecule has 0 saturated carbocycles. The Hall–Kier alpha value is -0.290. The van der Waals surface area contributed by atoms with E-state index in [4.69, 9.17) is 0 Å². The van der Waals surface area contributed by atoms with Crippen molar-refractivity contribution < 1.29 is 0 Å². The largest absolute Gasteiger partial charge is 0.361 e. The minimum Gasteiger partial charge on any atom is -0.361 e. The predicted molar refractivity (Wildman–Crippen MR) is 74.2 cm³/mol. The highest BCUT2D eigenvalue weighted by molar-refractivity contribution is 7.29. The number of hydrogen-bond donors (Lipinski definition) is 1. The van der Waals surface area contributed by atoms with Crippen LogP contribution in [0.3, 0.4) is 0 Å². The van der Waals surface area contributed by atoms with Crippen molar-refractivity contribution in [1.29, 1.82) is 0 Å². The van der Waals surface area contributed by atoms with E-state index in [0.717, 1.165) is 0 Å². The van der Waals surface area contributed by atoms with Gasteiger partial charge in [-0.15, -0.1) is 0 Å². The third-order valence-electron chi connectivity index (χ3n) is 3.07. The molecule has 1 heterocycles. The van der Waals surface area contributed by atoms with Gasteiger partial charge in [-0.1, -0.05) is 66.5 Å². The zero-order valence-electron chi connectivity index (χ0n) is 10.7. The van der Waals surface area contributed by atoms with E-state index < -0.39 is 0 Å². The van der Waals surface area contributed by atoms with Crippen molar-refractivity contribution in [2.45, 2.75) is 71.1 Å². The van der Waals surface area contributed by atoms with Crippen molar-refractivity contribution in [3.63, 3.8) is 0 Å². The smallest absolute Gasteiger partial charge is 0.0424 e. The van der Waals surface area contributed by atoms with Crippen LogP contribution < -0.4 is 0 Å². The summed E-state index contributed by atoms with van der Waals surface area (Å²) in [5.74, 6) is 2.18. The topological polar surface area (TPSA) is 15.8 Å². The molecule has 1 aromatic rings. The monoisotopic (exact) mass is 239 g/mol. The second-order valence-corrected chi connectivity index (χ2v) is 5.71. The normalized spacial score (nSPS) is 11.3. The molecule has 1 nitrogen and oxygen atoms in total. The highest BCUT2D eigenvalue weighted by atomic mass is 31.0. The maximum atomic E-state index is 3.31. The fraction of sp³-hybridized carbons (Fsp3) is 0.786. The first-order valence-electron chi connectivity index (χ1n) is 6.91. The van der Waals surface area contributed by atoms with E-state index in [0.29, 0.717) is 0 Å². The van der Waals surface area contributed by atoms with Crippen molar-refractivity contribution in [2.75, 3.05) is 0 Å². The molecular weight excluding hydrogens is 213 g/mol. The summed E-state index contributed by atoms with van der Waals surface area (Å²) in [4.78, 5) is 3.31. The average Bonchev–Trinajstić information content (AvgIpc) is 2.80. The predicted octanol–water partition coefficient (Wildman–Crippen LogP) is 5.67. The van der Waals surface area contributed by atoms with Gasteiger partial charge < -0.3 is 4.98 Å². The zero-order valence-corrected chi connectivity index (χ0v) is 11.6. The molecule has 0 aromatic carbocycles. The van der Waals surface area contributed by atoms with Crippen LogP contribution in [0.5, 0.6) is 0 Å². The van der Waals surface area contributed by atoms with Crippen LogP contribution in [0.25, 0.3) is 0 Å². The third-order valence-corrected chi connectivity index (χ3v) is 4.03. The summed E-state index contributed by atoms with van der Waals surface area (Å²) < 4.78 is 0. The highest BCUT2D eigenvalue weighted by Crippen LogP contribution is 2.15. The molecule has 2 heteroatoms. The number of aromatic nitrogens is 1. The van der Waals surface area contributed by atoms with Crippen molar-refractivity contribution >= 4 is 8.19 Å². The molecule has 0 saturated heterocycles. The lowest BCUT2D eigenvalue weighted by Crippen LogP contribution is -1.85. The number of nitrogens with one attached hydrogen (secondary N) is 1. The van der Waals surface area contributed by atoms with Gasteiger partial charge >= 0.3 is 0 Å². The van der Waals surface area contributed by atoms with Gasteiger partial charge in [-0.3, -0.25) is 0 Å². The van der Waals surface area contributed by atoms with Crippen LogP contribution in [-0.4, -0.2) is 4.98 Å². The molecule has 0 unspecified atom stereocenters. The Morgan fingerprint density at radius 1 is 0.938 bits per heavy atom. The fourth-order valence-electron chi connectivity index (χ4n) is 2.04. The van der Waals surface area contributed by atoms with Crippen molar-refractivity contribution in [1.82, 2.24) is 4.98 Å². The summed E-state index contributed by atoms with van der Waals surface area (Å²) >= 11 is 0. The van der Waals surface area contributed by atoms with Crippen LogP contribution in [-0.2, 0) is 6.42 Å². The molecule has 0 aliphatic rings. The van der Waals surface area contributed by atoms with Gasteiger partial charge in [0.2, 0.25) is 0 Å². The van der Waals surface area contributed by atoms with E-state index in [-0.39, 0.29) is 0 Å². The summed E-state index contributed by atoms with van der Waals surface area (Å²) in [6.07, 6.45) is 16.1. The molecule has 0 aliphatic carbocycles. The number of hydrogen-bond acceptors (Lipinski definition) is 0. The van der Waals surface area contributed by atoms with Gasteiger partial charge in [0.05, 0.1) is 0 Å². The van der Waals surface area contributed by atoms with Gasteiger partial charge in [-0.2, -0.15) is 0 Å². The molecule has 1 aromatic heterocycles. The van der Waals surface area contributed by atoms with Gasteiger partial charge in [0.1, 0.15) is 0 Å². The Balaban J connectivity index is 1.78. The van der Waals surface area contributed by atoms with Crippen LogP contribution >= 0.6 is 8.19 Å². The Morgan fingerprint density at radius 3 is 2.12 bits per heavy atom. The first kappa shape index (κ1) is 13.8. The lowest BCUT2D eigenvalue weighted by atomic mass is 10.1. The lowest BCUT2D eigenvalue weighted by Gasteiger charge is -2.01. The Labute approximate surface area is 102 Å². The van der Waals surface area contributed by atoms with E-state index in [1.54, 1.807) is 0 Å². The average molecular weight is 239 g/mol. The molecule has 0 radical (unpaired) electrons. The number of rotatable bonds is 10. The van der Waals surface area contributed by atoms with Crippen LogP contribution in [0.15, 0.2) is 12.0 Å².